The molecule has 2 heterocycles. The Balaban J connectivity index is 1.90. The molecular formula is C23H21NO6. The molecule has 0 fully saturated rings. The van der Waals surface area contributed by atoms with Gasteiger partial charge in [0.05, 0.1) is 29.7 Å². The second-order valence-electron chi connectivity index (χ2n) is 7.27. The van der Waals surface area contributed by atoms with Crippen LogP contribution in [0.25, 0.3) is 11.0 Å². The third kappa shape index (κ3) is 3.17. The maximum absolute atomic E-state index is 13.4. The third-order valence-electron chi connectivity index (χ3n) is 5.33. The van der Waals surface area contributed by atoms with Crippen LogP contribution in [0, 0.1) is 6.92 Å². The Morgan fingerprint density at radius 1 is 1.17 bits per heavy atom. The number of hydrogen-bond donors (Lipinski definition) is 1. The van der Waals surface area contributed by atoms with Crippen LogP contribution in [0.5, 0.6) is 0 Å². The summed E-state index contributed by atoms with van der Waals surface area (Å²) >= 11 is 0. The van der Waals surface area contributed by atoms with Crippen molar-refractivity contribution in [3.63, 3.8) is 0 Å². The van der Waals surface area contributed by atoms with Gasteiger partial charge in [-0.3, -0.25) is 9.59 Å². The number of aliphatic hydroxyl groups excluding tert-OH is 1. The van der Waals surface area contributed by atoms with Crippen molar-refractivity contribution in [3.8, 4) is 0 Å². The van der Waals surface area contributed by atoms with Crippen molar-refractivity contribution in [1.82, 2.24) is 4.90 Å². The van der Waals surface area contributed by atoms with Crippen LogP contribution in [0.4, 0.5) is 0 Å². The fourth-order valence-electron chi connectivity index (χ4n) is 3.87. The van der Waals surface area contributed by atoms with Gasteiger partial charge in [-0.15, -0.1) is 0 Å². The molecule has 0 radical (unpaired) electrons. The van der Waals surface area contributed by atoms with E-state index in [9.17, 15) is 19.5 Å². The minimum Gasteiger partial charge on any atom is -0.465 e. The molecule has 1 atom stereocenters. The molecule has 0 bridgehead atoms. The van der Waals surface area contributed by atoms with Crippen molar-refractivity contribution < 1.29 is 23.8 Å². The topological polar surface area (TPSA) is 97.0 Å². The highest BCUT2D eigenvalue weighted by Gasteiger charge is 2.42. The number of fused-ring (bicyclic) bond motifs is 2. The number of hydrogen-bond acceptors (Lipinski definition) is 6. The number of aliphatic hydroxyl groups is 1. The van der Waals surface area contributed by atoms with Gasteiger partial charge in [0.15, 0.2) is 5.43 Å². The summed E-state index contributed by atoms with van der Waals surface area (Å²) in [5, 5.41) is 9.69. The van der Waals surface area contributed by atoms with E-state index in [0.717, 1.165) is 5.56 Å². The molecule has 0 saturated heterocycles. The lowest BCUT2D eigenvalue weighted by molar-refractivity contribution is 0.0599. The molecule has 7 nitrogen and oxygen atoms in total. The molecule has 7 heteroatoms. The fraction of sp³-hybridized carbons (Fsp3) is 0.261. The summed E-state index contributed by atoms with van der Waals surface area (Å²) in [6, 6.07) is 11.2. The molecule has 0 aliphatic carbocycles. The molecule has 1 aliphatic heterocycles. The maximum atomic E-state index is 13.4. The molecule has 1 aromatic heterocycles. The third-order valence-corrected chi connectivity index (χ3v) is 5.33. The van der Waals surface area contributed by atoms with E-state index in [2.05, 4.69) is 0 Å². The monoisotopic (exact) mass is 407 g/mol. The van der Waals surface area contributed by atoms with E-state index in [-0.39, 0.29) is 35.8 Å². The Hall–Kier alpha value is -3.45. The zero-order valence-electron chi connectivity index (χ0n) is 16.7. The first kappa shape index (κ1) is 19.8. The average molecular weight is 407 g/mol. The minimum atomic E-state index is -0.660. The molecule has 154 valence electrons. The summed E-state index contributed by atoms with van der Waals surface area (Å²) in [6.07, 6.45) is 0.364. The van der Waals surface area contributed by atoms with Crippen molar-refractivity contribution in [3.05, 3.63) is 80.7 Å². The standard InChI is InChI=1S/C23H21NO6/c1-13-4-9-17-16(12-13)20(26)18-19(14-5-7-15(8-6-14)23(28)29-2)24(10-3-11-25)22(27)21(18)30-17/h4-9,12,19,25H,3,10-11H2,1-2H3/t19-/m1/s1. The van der Waals surface area contributed by atoms with Crippen LogP contribution in [0.2, 0.25) is 0 Å². The summed E-state index contributed by atoms with van der Waals surface area (Å²) in [6.45, 7) is 2.06. The Labute approximate surface area is 172 Å². The molecule has 4 rings (SSSR count). The number of esters is 1. The molecule has 1 aliphatic rings. The van der Waals surface area contributed by atoms with Gasteiger partial charge < -0.3 is 19.2 Å². The van der Waals surface area contributed by atoms with Gasteiger partial charge in [0.2, 0.25) is 5.76 Å². The Morgan fingerprint density at radius 2 is 1.90 bits per heavy atom. The van der Waals surface area contributed by atoms with Gasteiger partial charge in [0.25, 0.3) is 5.91 Å². The van der Waals surface area contributed by atoms with Crippen LogP contribution in [-0.2, 0) is 4.74 Å². The number of benzene rings is 2. The van der Waals surface area contributed by atoms with Crippen LogP contribution in [0.15, 0.2) is 51.7 Å². The molecule has 0 saturated carbocycles. The number of aryl methyl sites for hydroxylation is 1. The summed E-state index contributed by atoms with van der Waals surface area (Å²) in [7, 11) is 1.30. The highest BCUT2D eigenvalue weighted by atomic mass is 16.5. The molecule has 1 amide bonds. The van der Waals surface area contributed by atoms with E-state index in [1.807, 2.05) is 13.0 Å². The molecule has 0 spiro atoms. The first-order chi connectivity index (χ1) is 14.5. The second-order valence-corrected chi connectivity index (χ2v) is 7.27. The summed E-state index contributed by atoms with van der Waals surface area (Å²) in [5.74, 6) is -0.834. The second kappa shape index (κ2) is 7.76. The number of carbonyl (C=O) groups is 2. The van der Waals surface area contributed by atoms with Crippen molar-refractivity contribution in [2.45, 2.75) is 19.4 Å². The van der Waals surface area contributed by atoms with Crippen molar-refractivity contribution in [2.24, 2.45) is 0 Å². The Kier molecular flexibility index (Phi) is 5.13. The summed E-state index contributed by atoms with van der Waals surface area (Å²) < 4.78 is 10.6. The molecule has 2 aromatic carbocycles. The van der Waals surface area contributed by atoms with Gasteiger partial charge in [0.1, 0.15) is 5.58 Å². The number of carbonyl (C=O) groups excluding carboxylic acids is 2. The lowest BCUT2D eigenvalue weighted by atomic mass is 9.97. The first-order valence-electron chi connectivity index (χ1n) is 9.63. The Morgan fingerprint density at radius 3 is 2.57 bits per heavy atom. The molecular weight excluding hydrogens is 386 g/mol. The summed E-state index contributed by atoms with van der Waals surface area (Å²) in [5.41, 5.74) is 2.34. The van der Waals surface area contributed by atoms with E-state index in [1.165, 1.54) is 12.0 Å². The molecule has 3 aromatic rings. The zero-order chi connectivity index (χ0) is 21.4. The predicted molar refractivity (Wildman–Crippen MR) is 110 cm³/mol. The van der Waals surface area contributed by atoms with E-state index in [1.54, 1.807) is 36.4 Å². The SMILES string of the molecule is COC(=O)c1ccc([C@@H]2c3c(oc4ccc(C)cc4c3=O)C(=O)N2CCCO)cc1. The van der Waals surface area contributed by atoms with Crippen LogP contribution >= 0.6 is 0 Å². The van der Waals surface area contributed by atoms with Crippen molar-refractivity contribution in [1.29, 1.82) is 0 Å². The quantitative estimate of drug-likeness (QED) is 0.654. The number of rotatable bonds is 5. The molecule has 30 heavy (non-hydrogen) atoms. The lowest BCUT2D eigenvalue weighted by Gasteiger charge is -2.25. The van der Waals surface area contributed by atoms with Crippen LogP contribution < -0.4 is 5.43 Å². The zero-order valence-corrected chi connectivity index (χ0v) is 16.7. The lowest BCUT2D eigenvalue weighted by Crippen LogP contribution is -2.31. The predicted octanol–water partition coefficient (Wildman–Crippen LogP) is 2.82. The highest BCUT2D eigenvalue weighted by Crippen LogP contribution is 2.38. The first-order valence-corrected chi connectivity index (χ1v) is 9.63. The van der Waals surface area contributed by atoms with Gasteiger partial charge in [-0.25, -0.2) is 4.79 Å². The smallest absolute Gasteiger partial charge is 0.337 e. The van der Waals surface area contributed by atoms with Gasteiger partial charge in [0, 0.05) is 13.2 Å². The van der Waals surface area contributed by atoms with E-state index < -0.39 is 12.0 Å². The van der Waals surface area contributed by atoms with Gasteiger partial charge >= 0.3 is 5.97 Å². The van der Waals surface area contributed by atoms with Gasteiger partial charge in [-0.05, 0) is 43.2 Å². The maximum Gasteiger partial charge on any atom is 0.337 e. The number of amides is 1. The molecule has 1 N–H and O–H groups in total. The van der Waals surface area contributed by atoms with Crippen LogP contribution in [0.1, 0.15) is 50.1 Å². The number of methoxy groups -OCH3 is 1. The normalized spacial score (nSPS) is 15.5. The Bertz CT molecular complexity index is 1190. The molecule has 0 unspecified atom stereocenters. The number of nitrogens with zero attached hydrogens (tertiary/aromatic N) is 1. The average Bonchev–Trinajstić information content (AvgIpc) is 3.04. The largest absolute Gasteiger partial charge is 0.465 e. The fourth-order valence-corrected chi connectivity index (χ4v) is 3.87. The van der Waals surface area contributed by atoms with Gasteiger partial charge in [-0.2, -0.15) is 0 Å². The van der Waals surface area contributed by atoms with Crippen LogP contribution in [-0.4, -0.2) is 42.1 Å². The minimum absolute atomic E-state index is 0.0244. The number of ether oxygens (including phenoxy) is 1. The van der Waals surface area contributed by atoms with Crippen molar-refractivity contribution >= 4 is 22.8 Å². The van der Waals surface area contributed by atoms with E-state index in [4.69, 9.17) is 9.15 Å². The van der Waals surface area contributed by atoms with E-state index >= 15 is 0 Å². The van der Waals surface area contributed by atoms with Crippen LogP contribution in [0.3, 0.4) is 0 Å². The van der Waals surface area contributed by atoms with Crippen molar-refractivity contribution in [2.75, 3.05) is 20.3 Å². The summed E-state index contributed by atoms with van der Waals surface area (Å²) in [4.78, 5) is 39.8. The van der Waals surface area contributed by atoms with E-state index in [0.29, 0.717) is 28.5 Å². The highest BCUT2D eigenvalue weighted by molar-refractivity contribution is 5.99. The van der Waals surface area contributed by atoms with Gasteiger partial charge in [-0.1, -0.05) is 23.8 Å².